The third kappa shape index (κ3) is 7.38. The predicted molar refractivity (Wildman–Crippen MR) is 194 cm³/mol. The fourth-order valence-electron chi connectivity index (χ4n) is 9.09. The number of nitrogens with one attached hydrogen (secondary N) is 2. The van der Waals surface area contributed by atoms with Crippen molar-refractivity contribution in [2.24, 2.45) is 11.8 Å². The number of hydrogen-bond donors (Lipinski definition) is 2. The number of ether oxygens (including phenoxy) is 2. The number of nitrogens with zero attached hydrogens (tertiary/aromatic N) is 4. The van der Waals surface area contributed by atoms with E-state index in [0.717, 1.165) is 72.7 Å². The summed E-state index contributed by atoms with van der Waals surface area (Å²) in [6.45, 7) is 10.1. The number of piperidine rings is 3. The van der Waals surface area contributed by atoms with E-state index < -0.39 is 12.2 Å². The van der Waals surface area contributed by atoms with Gasteiger partial charge < -0.3 is 39.7 Å². The van der Waals surface area contributed by atoms with E-state index in [1.165, 1.54) is 12.8 Å². The molecule has 11 nitrogen and oxygen atoms in total. The first-order chi connectivity index (χ1) is 24.2. The van der Waals surface area contributed by atoms with Gasteiger partial charge in [-0.1, -0.05) is 24.3 Å². The van der Waals surface area contributed by atoms with Crippen LogP contribution in [0.2, 0.25) is 0 Å². The molecule has 3 atom stereocenters. The Kier molecular flexibility index (Phi) is 10.4. The smallest absolute Gasteiger partial charge is 0.410 e. The van der Waals surface area contributed by atoms with Gasteiger partial charge in [-0.25, -0.2) is 9.59 Å². The van der Waals surface area contributed by atoms with Gasteiger partial charge in [0.05, 0.1) is 12.2 Å². The highest BCUT2D eigenvalue weighted by Crippen LogP contribution is 2.37. The molecular weight excluding hydrogens is 632 g/mol. The molecule has 3 saturated heterocycles. The van der Waals surface area contributed by atoms with E-state index in [1.807, 2.05) is 34.1 Å². The number of likely N-dealkylation sites (tertiary alicyclic amines) is 2. The van der Waals surface area contributed by atoms with E-state index >= 15 is 0 Å². The van der Waals surface area contributed by atoms with Crippen molar-refractivity contribution in [2.45, 2.75) is 83.4 Å². The lowest BCUT2D eigenvalue weighted by atomic mass is 9.77. The summed E-state index contributed by atoms with van der Waals surface area (Å²) in [4.78, 5) is 49.2. The number of rotatable bonds is 6. The number of hydrogen-bond acceptors (Lipinski definition) is 7. The number of aryl methyl sites for hydroxylation is 1. The number of benzene rings is 2. The molecule has 2 aromatic rings. The van der Waals surface area contributed by atoms with Crippen molar-refractivity contribution in [2.75, 3.05) is 69.7 Å². The highest BCUT2D eigenvalue weighted by molar-refractivity contribution is 5.91. The van der Waals surface area contributed by atoms with E-state index in [-0.39, 0.29) is 30.4 Å². The van der Waals surface area contributed by atoms with Gasteiger partial charge in [0.2, 0.25) is 0 Å². The maximum absolute atomic E-state index is 14.4. The summed E-state index contributed by atoms with van der Waals surface area (Å²) >= 11 is 0. The third-order valence-corrected chi connectivity index (χ3v) is 11.9. The van der Waals surface area contributed by atoms with Crippen LogP contribution in [0.5, 0.6) is 5.75 Å². The van der Waals surface area contributed by atoms with E-state index in [4.69, 9.17) is 9.47 Å². The van der Waals surface area contributed by atoms with Gasteiger partial charge in [0.1, 0.15) is 12.4 Å². The Morgan fingerprint density at radius 2 is 1.76 bits per heavy atom. The summed E-state index contributed by atoms with van der Waals surface area (Å²) in [5, 5.41) is 6.55. The molecule has 7 rings (SSSR count). The average molecular weight is 687 g/mol. The second-order valence-electron chi connectivity index (χ2n) is 15.1. The van der Waals surface area contributed by atoms with E-state index in [0.29, 0.717) is 57.5 Å². The number of carbonyl (C=O) groups excluding carboxylic acids is 3. The van der Waals surface area contributed by atoms with Crippen LogP contribution in [0.4, 0.5) is 21.0 Å². The zero-order valence-corrected chi connectivity index (χ0v) is 30.0. The number of likely N-dealkylation sites (N-methyl/N-ethyl adjacent to an activating group) is 1. The number of para-hydroxylation sites is 1. The molecule has 5 heterocycles. The van der Waals surface area contributed by atoms with Crippen LogP contribution in [0.3, 0.4) is 0 Å². The summed E-state index contributed by atoms with van der Waals surface area (Å²) in [6, 6.07) is 12.1. The first-order valence-corrected chi connectivity index (χ1v) is 18.8. The van der Waals surface area contributed by atoms with Crippen molar-refractivity contribution >= 4 is 29.4 Å². The van der Waals surface area contributed by atoms with Crippen LogP contribution in [0.1, 0.15) is 62.1 Å². The zero-order valence-electron chi connectivity index (χ0n) is 30.0. The lowest BCUT2D eigenvalue weighted by Crippen LogP contribution is -2.53. The standard InChI is InChI=1S/C39H54N6O5/c1-26-22-28(24-34-36(26)42(3)20-21-49-34)25-35(37(46)44-18-11-31(23-27(44)2)29-8-14-40-15-9-29)50-39(48)43-16-12-32(13-17-43)45-19-10-30-6-4-5-7-33(30)41-38(45)47/h4-7,22,24,27,29,31-32,35,40H,8-21,23,25H2,1-3H3,(H,41,47)/t27-,31?,35?/m1/s1. The quantitative estimate of drug-likeness (QED) is 0.438. The van der Waals surface area contributed by atoms with Gasteiger partial charge >= 0.3 is 12.1 Å². The molecule has 11 heteroatoms. The van der Waals surface area contributed by atoms with Crippen LogP contribution in [0, 0.1) is 18.8 Å². The second kappa shape index (κ2) is 15.1. The lowest BCUT2D eigenvalue weighted by molar-refractivity contribution is -0.145. The molecule has 4 amide bonds. The first-order valence-electron chi connectivity index (χ1n) is 18.8. The average Bonchev–Trinajstić information content (AvgIpc) is 3.29. The summed E-state index contributed by atoms with van der Waals surface area (Å²) in [5.74, 6) is 2.03. The molecule has 0 spiro atoms. The molecule has 0 saturated carbocycles. The number of anilines is 2. The van der Waals surface area contributed by atoms with E-state index in [1.54, 1.807) is 4.90 Å². The maximum atomic E-state index is 14.4. The molecule has 270 valence electrons. The van der Waals surface area contributed by atoms with Crippen molar-refractivity contribution in [1.29, 1.82) is 0 Å². The first kappa shape index (κ1) is 34.5. The van der Waals surface area contributed by atoms with Crippen molar-refractivity contribution in [3.8, 4) is 5.75 Å². The van der Waals surface area contributed by atoms with Gasteiger partial charge in [0, 0.05) is 57.4 Å². The molecule has 50 heavy (non-hydrogen) atoms. The molecule has 0 aliphatic carbocycles. The van der Waals surface area contributed by atoms with E-state index in [2.05, 4.69) is 48.6 Å². The monoisotopic (exact) mass is 686 g/mol. The van der Waals surface area contributed by atoms with Gasteiger partial charge in [-0.2, -0.15) is 0 Å². The molecular formula is C39H54N6O5. The van der Waals surface area contributed by atoms with Crippen molar-refractivity contribution in [1.82, 2.24) is 20.0 Å². The lowest BCUT2D eigenvalue weighted by Gasteiger charge is -2.43. The van der Waals surface area contributed by atoms with Gasteiger partial charge in [-0.3, -0.25) is 4.79 Å². The van der Waals surface area contributed by atoms with Crippen LogP contribution in [-0.2, 0) is 22.4 Å². The van der Waals surface area contributed by atoms with Crippen LogP contribution >= 0.6 is 0 Å². The third-order valence-electron chi connectivity index (χ3n) is 11.9. The summed E-state index contributed by atoms with van der Waals surface area (Å²) in [6.07, 6.45) is 5.38. The molecule has 2 aromatic carbocycles. The summed E-state index contributed by atoms with van der Waals surface area (Å²) in [7, 11) is 2.07. The SMILES string of the molecule is Cc1cc(CC(OC(=O)N2CCC(N3CCc4ccccc4NC3=O)CC2)C(=O)N2CCC(C3CCNCC3)C[C@H]2C)cc2c1N(C)CCO2. The Balaban J connectivity index is 1.03. The van der Waals surface area contributed by atoms with Crippen molar-refractivity contribution < 1.29 is 23.9 Å². The fraction of sp³-hybridized carbons (Fsp3) is 0.615. The van der Waals surface area contributed by atoms with Crippen molar-refractivity contribution in [3.05, 3.63) is 53.1 Å². The highest BCUT2D eigenvalue weighted by atomic mass is 16.6. The number of urea groups is 1. The fourth-order valence-corrected chi connectivity index (χ4v) is 9.09. The molecule has 2 N–H and O–H groups in total. The Morgan fingerprint density at radius 1 is 0.980 bits per heavy atom. The van der Waals surface area contributed by atoms with Crippen molar-refractivity contribution in [3.63, 3.8) is 0 Å². The minimum atomic E-state index is -0.938. The number of carbonyl (C=O) groups is 3. The molecule has 0 aromatic heterocycles. The molecule has 3 fully saturated rings. The van der Waals surface area contributed by atoms with Crippen LogP contribution in [0.25, 0.3) is 0 Å². The highest BCUT2D eigenvalue weighted by Gasteiger charge is 2.39. The predicted octanol–water partition coefficient (Wildman–Crippen LogP) is 5.05. The molecule has 5 aliphatic rings. The molecule has 2 unspecified atom stereocenters. The van der Waals surface area contributed by atoms with Crippen LogP contribution in [0.15, 0.2) is 36.4 Å². The maximum Gasteiger partial charge on any atom is 0.410 e. The van der Waals surface area contributed by atoms with Gasteiger partial charge in [0.25, 0.3) is 5.91 Å². The normalized spacial score (nSPS) is 24.0. The molecule has 0 bridgehead atoms. The largest absolute Gasteiger partial charge is 0.490 e. The van der Waals surface area contributed by atoms with Crippen LogP contribution < -0.4 is 20.3 Å². The Hall–Kier alpha value is -3.99. The minimum absolute atomic E-state index is 0.0319. The summed E-state index contributed by atoms with van der Waals surface area (Å²) in [5.41, 5.74) is 5.08. The van der Waals surface area contributed by atoms with Gasteiger partial charge in [-0.05, 0) is 113 Å². The molecule has 5 aliphatic heterocycles. The van der Waals surface area contributed by atoms with Gasteiger partial charge in [0.15, 0.2) is 6.10 Å². The number of amides is 4. The second-order valence-corrected chi connectivity index (χ2v) is 15.1. The van der Waals surface area contributed by atoms with E-state index in [9.17, 15) is 14.4 Å². The topological polar surface area (TPSA) is 107 Å². The van der Waals surface area contributed by atoms with Crippen LogP contribution in [-0.4, -0.2) is 110 Å². The Morgan fingerprint density at radius 3 is 2.54 bits per heavy atom. The summed E-state index contributed by atoms with van der Waals surface area (Å²) < 4.78 is 12.3. The van der Waals surface area contributed by atoms with Gasteiger partial charge in [-0.15, -0.1) is 0 Å². The Labute approximate surface area is 296 Å². The zero-order chi connectivity index (χ0) is 34.8. The molecule has 0 radical (unpaired) electrons. The number of fused-ring (bicyclic) bond motifs is 2. The Bertz CT molecular complexity index is 1550. The minimum Gasteiger partial charge on any atom is -0.490 e.